The number of hydrogen-bond donors (Lipinski definition) is 1. The van der Waals surface area contributed by atoms with Crippen molar-refractivity contribution in [3.63, 3.8) is 0 Å². The molecule has 1 atom stereocenters. The number of likely N-dealkylation sites (N-methyl/N-ethyl adjacent to an activating group) is 1. The summed E-state index contributed by atoms with van der Waals surface area (Å²) in [6.07, 6.45) is 5.01. The molecule has 1 N–H and O–H groups in total. The molecule has 1 amide bonds. The number of piperidine rings is 2. The van der Waals surface area contributed by atoms with Gasteiger partial charge in [0.25, 0.3) is 0 Å². The van der Waals surface area contributed by atoms with Crippen LogP contribution < -0.4 is 4.74 Å². The predicted molar refractivity (Wildman–Crippen MR) is 107 cm³/mol. The molecule has 1 unspecified atom stereocenters. The van der Waals surface area contributed by atoms with E-state index in [-0.39, 0.29) is 11.3 Å². The highest BCUT2D eigenvalue weighted by Crippen LogP contribution is 2.41. The molecule has 0 aliphatic carbocycles. The maximum atomic E-state index is 12.7. The second-order valence-electron chi connectivity index (χ2n) is 8.34. The Kier molecular flexibility index (Phi) is 5.56. The standard InChI is InChI=1S/C21H29N5O3/c1-24-13-18(27)10-21(20(24)28)5-7-25(8-6-21)11-16-3-4-19(29-2)17(9-16)12-26-15-22-14-23-26/h3-4,9,14-15,18,27H,5-8,10-13H2,1-2H3. The second kappa shape index (κ2) is 8.12. The number of methoxy groups -OCH3 is 1. The molecule has 4 rings (SSSR count). The number of likely N-dealkylation sites (tertiary alicyclic amines) is 2. The zero-order valence-corrected chi connectivity index (χ0v) is 17.1. The lowest BCUT2D eigenvalue weighted by Crippen LogP contribution is -2.56. The lowest BCUT2D eigenvalue weighted by Gasteiger charge is -2.47. The van der Waals surface area contributed by atoms with Crippen LogP contribution in [0.1, 0.15) is 30.4 Å². The lowest BCUT2D eigenvalue weighted by molar-refractivity contribution is -0.154. The molecule has 2 aromatic rings. The number of ether oxygens (including phenoxy) is 1. The molecule has 1 aromatic heterocycles. The smallest absolute Gasteiger partial charge is 0.228 e. The summed E-state index contributed by atoms with van der Waals surface area (Å²) in [5, 5.41) is 14.4. The molecular weight excluding hydrogens is 370 g/mol. The summed E-state index contributed by atoms with van der Waals surface area (Å²) in [4.78, 5) is 20.8. The van der Waals surface area contributed by atoms with Crippen LogP contribution in [0.4, 0.5) is 0 Å². The Balaban J connectivity index is 1.42. The number of β-amino-alcohol motifs (C(OH)–C–C–N with tert-alkyl or cyclic N) is 1. The first-order valence-electron chi connectivity index (χ1n) is 10.1. The van der Waals surface area contributed by atoms with E-state index in [1.165, 1.54) is 11.9 Å². The number of hydrogen-bond acceptors (Lipinski definition) is 6. The topological polar surface area (TPSA) is 83.7 Å². The van der Waals surface area contributed by atoms with Crippen molar-refractivity contribution in [2.45, 2.75) is 38.5 Å². The van der Waals surface area contributed by atoms with Gasteiger partial charge in [0.15, 0.2) is 0 Å². The van der Waals surface area contributed by atoms with E-state index in [4.69, 9.17) is 4.74 Å². The third-order valence-electron chi connectivity index (χ3n) is 6.27. The van der Waals surface area contributed by atoms with Gasteiger partial charge >= 0.3 is 0 Å². The molecule has 0 radical (unpaired) electrons. The number of carbonyl (C=O) groups excluding carboxylic acids is 1. The van der Waals surface area contributed by atoms with Gasteiger partial charge in [0, 0.05) is 25.7 Å². The van der Waals surface area contributed by atoms with Gasteiger partial charge in [-0.15, -0.1) is 0 Å². The molecule has 8 heteroatoms. The molecule has 2 aliphatic heterocycles. The summed E-state index contributed by atoms with van der Waals surface area (Å²) in [5.41, 5.74) is 1.89. The van der Waals surface area contributed by atoms with E-state index in [1.807, 2.05) is 6.07 Å². The highest BCUT2D eigenvalue weighted by atomic mass is 16.5. The highest BCUT2D eigenvalue weighted by Gasteiger charge is 2.47. The van der Waals surface area contributed by atoms with Gasteiger partial charge in [-0.25, -0.2) is 9.67 Å². The van der Waals surface area contributed by atoms with E-state index in [0.717, 1.165) is 43.8 Å². The average molecular weight is 399 g/mol. The van der Waals surface area contributed by atoms with Crippen molar-refractivity contribution in [1.82, 2.24) is 24.6 Å². The molecule has 8 nitrogen and oxygen atoms in total. The largest absolute Gasteiger partial charge is 0.496 e. The average Bonchev–Trinajstić information content (AvgIpc) is 3.21. The maximum Gasteiger partial charge on any atom is 0.228 e. The van der Waals surface area contributed by atoms with E-state index >= 15 is 0 Å². The van der Waals surface area contributed by atoms with Crippen molar-refractivity contribution in [3.8, 4) is 5.75 Å². The minimum absolute atomic E-state index is 0.196. The molecular formula is C21H29N5O3. The number of aliphatic hydroxyl groups excluding tert-OH is 1. The number of nitrogens with zero attached hydrogens (tertiary/aromatic N) is 5. The summed E-state index contributed by atoms with van der Waals surface area (Å²) in [7, 11) is 3.48. The minimum atomic E-state index is -0.412. The molecule has 156 valence electrons. The van der Waals surface area contributed by atoms with Gasteiger partial charge in [-0.1, -0.05) is 6.07 Å². The zero-order valence-electron chi connectivity index (χ0n) is 17.1. The first-order chi connectivity index (χ1) is 14.0. The third-order valence-corrected chi connectivity index (χ3v) is 6.27. The van der Waals surface area contributed by atoms with Crippen LogP contribution in [0, 0.1) is 5.41 Å². The summed E-state index contributed by atoms with van der Waals surface area (Å²) in [6, 6.07) is 6.26. The van der Waals surface area contributed by atoms with Crippen LogP contribution in [0.5, 0.6) is 5.75 Å². The molecule has 1 spiro atoms. The fourth-order valence-corrected chi connectivity index (χ4v) is 4.76. The zero-order chi connectivity index (χ0) is 20.4. The van der Waals surface area contributed by atoms with Gasteiger partial charge in [0.05, 0.1) is 25.2 Å². The van der Waals surface area contributed by atoms with Crippen molar-refractivity contribution in [3.05, 3.63) is 42.0 Å². The fourth-order valence-electron chi connectivity index (χ4n) is 4.76. The molecule has 2 fully saturated rings. The van der Waals surface area contributed by atoms with Crippen molar-refractivity contribution in [2.75, 3.05) is 33.8 Å². The van der Waals surface area contributed by atoms with Crippen LogP contribution in [-0.4, -0.2) is 75.5 Å². The van der Waals surface area contributed by atoms with Gasteiger partial charge in [-0.2, -0.15) is 5.10 Å². The van der Waals surface area contributed by atoms with E-state index in [0.29, 0.717) is 19.5 Å². The maximum absolute atomic E-state index is 12.7. The van der Waals surface area contributed by atoms with E-state index < -0.39 is 6.10 Å². The van der Waals surface area contributed by atoms with Crippen LogP contribution >= 0.6 is 0 Å². The van der Waals surface area contributed by atoms with Crippen LogP contribution in [0.3, 0.4) is 0 Å². The van der Waals surface area contributed by atoms with Gasteiger partial charge in [-0.3, -0.25) is 9.69 Å². The number of rotatable bonds is 5. The first kappa shape index (κ1) is 19.8. The molecule has 1 aromatic carbocycles. The molecule has 29 heavy (non-hydrogen) atoms. The number of benzene rings is 1. The van der Waals surface area contributed by atoms with Gasteiger partial charge in [0.2, 0.25) is 5.91 Å². The number of aromatic nitrogens is 3. The molecule has 0 saturated carbocycles. The summed E-state index contributed by atoms with van der Waals surface area (Å²) < 4.78 is 7.29. The second-order valence-corrected chi connectivity index (χ2v) is 8.34. The van der Waals surface area contributed by atoms with Crippen LogP contribution in [0.2, 0.25) is 0 Å². The van der Waals surface area contributed by atoms with Crippen molar-refractivity contribution >= 4 is 5.91 Å². The molecule has 3 heterocycles. The Morgan fingerprint density at radius 3 is 2.76 bits per heavy atom. The lowest BCUT2D eigenvalue weighted by atomic mass is 9.71. The number of aliphatic hydroxyl groups is 1. The normalized spacial score (nSPS) is 22.2. The van der Waals surface area contributed by atoms with Crippen molar-refractivity contribution in [2.24, 2.45) is 5.41 Å². The number of amides is 1. The Morgan fingerprint density at radius 1 is 1.28 bits per heavy atom. The van der Waals surface area contributed by atoms with Gasteiger partial charge in [-0.05, 0) is 50.0 Å². The first-order valence-corrected chi connectivity index (χ1v) is 10.1. The Hall–Kier alpha value is -2.45. The monoisotopic (exact) mass is 399 g/mol. The van der Waals surface area contributed by atoms with E-state index in [9.17, 15) is 9.90 Å². The van der Waals surface area contributed by atoms with Crippen molar-refractivity contribution in [1.29, 1.82) is 0 Å². The summed E-state index contributed by atoms with van der Waals surface area (Å²) in [5.74, 6) is 1.04. The number of carbonyl (C=O) groups is 1. The third kappa shape index (κ3) is 4.13. The van der Waals surface area contributed by atoms with Crippen LogP contribution in [-0.2, 0) is 17.9 Å². The van der Waals surface area contributed by atoms with E-state index in [1.54, 1.807) is 30.1 Å². The fraction of sp³-hybridized carbons (Fsp3) is 0.571. The summed E-state index contributed by atoms with van der Waals surface area (Å²) in [6.45, 7) is 3.61. The molecule has 2 saturated heterocycles. The predicted octanol–water partition coefficient (Wildman–Crippen LogP) is 1.14. The SMILES string of the molecule is COc1ccc(CN2CCC3(CC2)CC(O)CN(C)C3=O)cc1Cn1cncn1. The molecule has 2 aliphatic rings. The Bertz CT molecular complexity index is 846. The quantitative estimate of drug-likeness (QED) is 0.812. The van der Waals surface area contributed by atoms with E-state index in [2.05, 4.69) is 27.1 Å². The van der Waals surface area contributed by atoms with Crippen LogP contribution in [0.25, 0.3) is 0 Å². The van der Waals surface area contributed by atoms with Crippen molar-refractivity contribution < 1.29 is 14.6 Å². The highest BCUT2D eigenvalue weighted by molar-refractivity contribution is 5.83. The van der Waals surface area contributed by atoms with Gasteiger partial charge < -0.3 is 14.7 Å². The molecule has 0 bridgehead atoms. The Labute approximate surface area is 171 Å². The summed E-state index contributed by atoms with van der Waals surface area (Å²) >= 11 is 0. The van der Waals surface area contributed by atoms with Crippen LogP contribution in [0.15, 0.2) is 30.9 Å². The Morgan fingerprint density at radius 2 is 2.07 bits per heavy atom. The minimum Gasteiger partial charge on any atom is -0.496 e. The van der Waals surface area contributed by atoms with Gasteiger partial charge in [0.1, 0.15) is 18.4 Å².